The molecule has 1 N–H and O–H groups in total. The smallest absolute Gasteiger partial charge is 0.234 e. The van der Waals surface area contributed by atoms with Gasteiger partial charge in [-0.25, -0.2) is 0 Å². The zero-order valence-electron chi connectivity index (χ0n) is 17.6. The van der Waals surface area contributed by atoms with Crippen LogP contribution in [0.5, 0.6) is 5.75 Å². The highest BCUT2D eigenvalue weighted by Crippen LogP contribution is 2.23. The zero-order valence-corrected chi connectivity index (χ0v) is 18.4. The van der Waals surface area contributed by atoms with Gasteiger partial charge < -0.3 is 10.1 Å². The third kappa shape index (κ3) is 4.86. The van der Waals surface area contributed by atoms with Crippen molar-refractivity contribution in [1.29, 1.82) is 0 Å². The molecule has 2 aromatic heterocycles. The summed E-state index contributed by atoms with van der Waals surface area (Å²) < 4.78 is 7.19. The molecule has 0 aliphatic carbocycles. The summed E-state index contributed by atoms with van der Waals surface area (Å²) in [4.78, 5) is 12.4. The minimum absolute atomic E-state index is 0.0731. The lowest BCUT2D eigenvalue weighted by Crippen LogP contribution is -2.15. The average molecular weight is 434 g/mol. The molecule has 4 aromatic rings. The number of nitrogens with one attached hydrogen (secondary N) is 1. The summed E-state index contributed by atoms with van der Waals surface area (Å²) in [5.41, 5.74) is 4.51. The van der Waals surface area contributed by atoms with Crippen LogP contribution in [0.2, 0.25) is 0 Å². The lowest BCUT2D eigenvalue weighted by Gasteiger charge is -2.09. The van der Waals surface area contributed by atoms with Crippen LogP contribution in [0.3, 0.4) is 0 Å². The molecule has 2 heterocycles. The Morgan fingerprint density at radius 2 is 1.87 bits per heavy atom. The van der Waals surface area contributed by atoms with Gasteiger partial charge in [0.15, 0.2) is 11.5 Å². The van der Waals surface area contributed by atoms with E-state index in [1.807, 2.05) is 75.4 Å². The lowest BCUT2D eigenvalue weighted by molar-refractivity contribution is -0.113. The van der Waals surface area contributed by atoms with Crippen molar-refractivity contribution in [3.8, 4) is 17.1 Å². The summed E-state index contributed by atoms with van der Waals surface area (Å²) in [6.45, 7) is 6.55. The van der Waals surface area contributed by atoms with Crippen LogP contribution in [-0.2, 0) is 4.79 Å². The van der Waals surface area contributed by atoms with Gasteiger partial charge in [0.2, 0.25) is 5.91 Å². The number of thioether (sulfide) groups is 1. The van der Waals surface area contributed by atoms with Crippen molar-refractivity contribution in [3.05, 3.63) is 65.7 Å². The number of benzene rings is 2. The first-order valence-electron chi connectivity index (χ1n) is 9.99. The second kappa shape index (κ2) is 9.18. The predicted molar refractivity (Wildman–Crippen MR) is 123 cm³/mol. The first-order valence-corrected chi connectivity index (χ1v) is 11.0. The van der Waals surface area contributed by atoms with E-state index in [4.69, 9.17) is 4.74 Å². The Labute approximate surface area is 184 Å². The molecule has 0 spiro atoms. The molecule has 0 radical (unpaired) electrons. The second-order valence-electron chi connectivity index (χ2n) is 7.08. The number of carbonyl (C=O) groups excluding carboxylic acids is 1. The molecule has 158 valence electrons. The molecule has 0 fully saturated rings. The Balaban J connectivity index is 1.48. The van der Waals surface area contributed by atoms with E-state index < -0.39 is 0 Å². The van der Waals surface area contributed by atoms with Gasteiger partial charge in [-0.1, -0.05) is 23.9 Å². The quantitative estimate of drug-likeness (QED) is 0.431. The van der Waals surface area contributed by atoms with Crippen LogP contribution in [0.4, 0.5) is 5.69 Å². The molecule has 1 amide bonds. The van der Waals surface area contributed by atoms with Gasteiger partial charge in [-0.15, -0.1) is 10.2 Å². The first-order chi connectivity index (χ1) is 15.0. The van der Waals surface area contributed by atoms with Gasteiger partial charge in [-0.3, -0.25) is 4.79 Å². The molecule has 0 aliphatic rings. The largest absolute Gasteiger partial charge is 0.494 e. The number of carbonyl (C=O) groups is 1. The van der Waals surface area contributed by atoms with Gasteiger partial charge in [0.1, 0.15) is 10.8 Å². The molecular weight excluding hydrogens is 410 g/mol. The maximum atomic E-state index is 12.4. The van der Waals surface area contributed by atoms with E-state index in [9.17, 15) is 4.79 Å². The fraction of sp³-hybridized carbons (Fsp3) is 0.217. The highest BCUT2D eigenvalue weighted by Gasteiger charge is 2.12. The summed E-state index contributed by atoms with van der Waals surface area (Å²) in [7, 11) is 0. The molecule has 0 bridgehead atoms. The summed E-state index contributed by atoms with van der Waals surface area (Å²) in [5.74, 6) is 1.63. The van der Waals surface area contributed by atoms with Crippen molar-refractivity contribution in [3.63, 3.8) is 0 Å². The number of aryl methyl sites for hydroxylation is 2. The van der Waals surface area contributed by atoms with E-state index in [-0.39, 0.29) is 11.7 Å². The third-order valence-electron chi connectivity index (χ3n) is 4.68. The lowest BCUT2D eigenvalue weighted by atomic mass is 10.1. The van der Waals surface area contributed by atoms with Gasteiger partial charge in [-0.05, 0) is 74.4 Å². The van der Waals surface area contributed by atoms with Gasteiger partial charge in [0, 0.05) is 11.3 Å². The fourth-order valence-electron chi connectivity index (χ4n) is 3.09. The standard InChI is InChI=1S/C23H23N5O2S/c1-4-30-18-9-7-17(8-10-18)23-26-25-20-11-12-22(27-28(20)23)31-14-21(29)24-19-13-15(2)5-6-16(19)3/h5-13H,4,14H2,1-3H3,(H,24,29). The van der Waals surface area contributed by atoms with E-state index >= 15 is 0 Å². The summed E-state index contributed by atoms with van der Waals surface area (Å²) >= 11 is 1.37. The van der Waals surface area contributed by atoms with E-state index in [0.29, 0.717) is 18.1 Å². The van der Waals surface area contributed by atoms with Gasteiger partial charge >= 0.3 is 0 Å². The van der Waals surface area contributed by atoms with E-state index in [2.05, 4.69) is 20.6 Å². The Bertz CT molecular complexity index is 1220. The number of hydrogen-bond acceptors (Lipinski definition) is 6. The monoisotopic (exact) mass is 433 g/mol. The Morgan fingerprint density at radius 1 is 1.06 bits per heavy atom. The number of amides is 1. The molecule has 0 saturated carbocycles. The summed E-state index contributed by atoms with van der Waals surface area (Å²) in [5, 5.41) is 16.8. The predicted octanol–water partition coefficient (Wildman–Crippen LogP) is 4.54. The summed E-state index contributed by atoms with van der Waals surface area (Å²) in [6.07, 6.45) is 0. The number of fused-ring (bicyclic) bond motifs is 1. The van der Waals surface area contributed by atoms with Crippen molar-refractivity contribution in [2.45, 2.75) is 25.8 Å². The number of nitrogens with zero attached hydrogens (tertiary/aromatic N) is 4. The third-order valence-corrected chi connectivity index (χ3v) is 5.60. The second-order valence-corrected chi connectivity index (χ2v) is 8.07. The Morgan fingerprint density at radius 3 is 2.65 bits per heavy atom. The number of anilines is 1. The molecule has 0 saturated heterocycles. The van der Waals surface area contributed by atoms with Gasteiger partial charge in [0.05, 0.1) is 12.4 Å². The van der Waals surface area contributed by atoms with Crippen molar-refractivity contribution >= 4 is 29.0 Å². The Hall–Kier alpha value is -3.39. The molecule has 0 atom stereocenters. The van der Waals surface area contributed by atoms with E-state index in [1.165, 1.54) is 11.8 Å². The van der Waals surface area contributed by atoms with Crippen LogP contribution in [0, 0.1) is 13.8 Å². The number of rotatable bonds is 7. The summed E-state index contributed by atoms with van der Waals surface area (Å²) in [6, 6.07) is 17.4. The van der Waals surface area contributed by atoms with Crippen molar-refractivity contribution < 1.29 is 9.53 Å². The van der Waals surface area contributed by atoms with E-state index in [1.54, 1.807) is 4.52 Å². The van der Waals surface area contributed by atoms with Crippen LogP contribution in [0.25, 0.3) is 17.0 Å². The number of ether oxygens (including phenoxy) is 1. The van der Waals surface area contributed by atoms with Crippen molar-refractivity contribution in [2.75, 3.05) is 17.7 Å². The highest BCUT2D eigenvalue weighted by atomic mass is 32.2. The van der Waals surface area contributed by atoms with Crippen molar-refractivity contribution in [1.82, 2.24) is 19.8 Å². The SMILES string of the molecule is CCOc1ccc(-c2nnc3ccc(SCC(=O)Nc4cc(C)ccc4C)nn23)cc1. The number of aromatic nitrogens is 4. The topological polar surface area (TPSA) is 81.4 Å². The van der Waals surface area contributed by atoms with Crippen LogP contribution >= 0.6 is 11.8 Å². The minimum atomic E-state index is -0.0731. The molecule has 0 aliphatic heterocycles. The molecule has 4 rings (SSSR count). The maximum Gasteiger partial charge on any atom is 0.234 e. The van der Waals surface area contributed by atoms with E-state index in [0.717, 1.165) is 33.2 Å². The molecule has 2 aromatic carbocycles. The molecule has 31 heavy (non-hydrogen) atoms. The zero-order chi connectivity index (χ0) is 21.8. The number of hydrogen-bond donors (Lipinski definition) is 1. The average Bonchev–Trinajstić information content (AvgIpc) is 3.19. The highest BCUT2D eigenvalue weighted by molar-refractivity contribution is 7.99. The van der Waals surface area contributed by atoms with Crippen LogP contribution in [0.15, 0.2) is 59.6 Å². The maximum absolute atomic E-state index is 12.4. The molecule has 0 unspecified atom stereocenters. The molecule has 7 nitrogen and oxygen atoms in total. The molecular formula is C23H23N5O2S. The minimum Gasteiger partial charge on any atom is -0.494 e. The van der Waals surface area contributed by atoms with Gasteiger partial charge in [0.25, 0.3) is 0 Å². The fourth-order valence-corrected chi connectivity index (χ4v) is 3.75. The van der Waals surface area contributed by atoms with Gasteiger partial charge in [-0.2, -0.15) is 9.61 Å². The first kappa shape index (κ1) is 20.9. The van der Waals surface area contributed by atoms with Crippen molar-refractivity contribution in [2.24, 2.45) is 0 Å². The van der Waals surface area contributed by atoms with Crippen LogP contribution < -0.4 is 10.1 Å². The molecule has 8 heteroatoms. The van der Waals surface area contributed by atoms with Crippen LogP contribution in [-0.4, -0.2) is 38.1 Å². The van der Waals surface area contributed by atoms with Crippen LogP contribution in [0.1, 0.15) is 18.1 Å². The Kier molecular flexibility index (Phi) is 6.18. The normalized spacial score (nSPS) is 10.9.